The van der Waals surface area contributed by atoms with Gasteiger partial charge in [0.1, 0.15) is 0 Å². The zero-order valence-electron chi connectivity index (χ0n) is 15.9. The van der Waals surface area contributed by atoms with Crippen molar-refractivity contribution in [3.63, 3.8) is 0 Å². The van der Waals surface area contributed by atoms with E-state index in [1.54, 1.807) is 0 Å². The predicted octanol–water partition coefficient (Wildman–Crippen LogP) is 5.90. The fourth-order valence-corrected chi connectivity index (χ4v) is 2.85. The number of rotatable bonds is 13. The van der Waals surface area contributed by atoms with Crippen molar-refractivity contribution in [2.45, 2.75) is 72.1 Å². The highest BCUT2D eigenvalue weighted by Crippen LogP contribution is 2.17. The Morgan fingerprint density at radius 1 is 0.826 bits per heavy atom. The highest BCUT2D eigenvalue weighted by atomic mass is 15.1. The number of nitrogens with one attached hydrogen (secondary N) is 1. The lowest BCUT2D eigenvalue weighted by atomic mass is 10.0. The molecule has 0 atom stereocenters. The van der Waals surface area contributed by atoms with Gasteiger partial charge in [0.2, 0.25) is 0 Å². The van der Waals surface area contributed by atoms with Gasteiger partial charge in [-0.1, -0.05) is 65.5 Å². The molecule has 0 heterocycles. The van der Waals surface area contributed by atoms with Crippen molar-refractivity contribution in [2.75, 3.05) is 31.5 Å². The molecule has 1 aromatic carbocycles. The Hall–Kier alpha value is -1.02. The van der Waals surface area contributed by atoms with Gasteiger partial charge in [-0.05, 0) is 49.5 Å². The highest BCUT2D eigenvalue weighted by molar-refractivity contribution is 5.45. The van der Waals surface area contributed by atoms with Crippen molar-refractivity contribution in [3.05, 3.63) is 29.8 Å². The predicted molar refractivity (Wildman–Crippen MR) is 105 cm³/mol. The van der Waals surface area contributed by atoms with E-state index < -0.39 is 0 Å². The maximum absolute atomic E-state index is 3.58. The van der Waals surface area contributed by atoms with Crippen LogP contribution in [0.2, 0.25) is 0 Å². The highest BCUT2D eigenvalue weighted by Gasteiger charge is 2.04. The monoisotopic (exact) mass is 318 g/mol. The third-order valence-corrected chi connectivity index (χ3v) is 4.49. The lowest BCUT2D eigenvalue weighted by Crippen LogP contribution is -2.31. The SMILES string of the molecule is CCCCCN(CCCCC)CCNc1ccc(C(C)C)cc1. The van der Waals surface area contributed by atoms with E-state index >= 15 is 0 Å². The normalized spacial score (nSPS) is 11.4. The van der Waals surface area contributed by atoms with E-state index in [1.165, 1.54) is 62.9 Å². The summed E-state index contributed by atoms with van der Waals surface area (Å²) in [5.41, 5.74) is 2.66. The Morgan fingerprint density at radius 2 is 1.39 bits per heavy atom. The molecule has 0 unspecified atom stereocenters. The summed E-state index contributed by atoms with van der Waals surface area (Å²) in [5, 5.41) is 3.58. The Bertz CT molecular complexity index is 373. The van der Waals surface area contributed by atoms with Gasteiger partial charge in [-0.25, -0.2) is 0 Å². The minimum atomic E-state index is 0.608. The van der Waals surface area contributed by atoms with Gasteiger partial charge in [-0.3, -0.25) is 0 Å². The second-order valence-electron chi connectivity index (χ2n) is 6.96. The summed E-state index contributed by atoms with van der Waals surface area (Å²) in [7, 11) is 0. The van der Waals surface area contributed by atoms with Gasteiger partial charge in [0.25, 0.3) is 0 Å². The Morgan fingerprint density at radius 3 is 1.87 bits per heavy atom. The van der Waals surface area contributed by atoms with Gasteiger partial charge in [-0.15, -0.1) is 0 Å². The molecule has 0 aromatic heterocycles. The zero-order chi connectivity index (χ0) is 16.9. The van der Waals surface area contributed by atoms with Gasteiger partial charge >= 0.3 is 0 Å². The first-order chi connectivity index (χ1) is 11.2. The molecule has 2 nitrogen and oxygen atoms in total. The van der Waals surface area contributed by atoms with E-state index in [1.807, 2.05) is 0 Å². The van der Waals surface area contributed by atoms with E-state index in [9.17, 15) is 0 Å². The summed E-state index contributed by atoms with van der Waals surface area (Å²) >= 11 is 0. The van der Waals surface area contributed by atoms with Crippen LogP contribution in [0.15, 0.2) is 24.3 Å². The average molecular weight is 319 g/mol. The Kier molecular flexibility index (Phi) is 10.8. The standard InChI is InChI=1S/C21H38N2/c1-5-7-9-16-23(17-10-8-6-2)18-15-22-21-13-11-20(12-14-21)19(3)4/h11-14,19,22H,5-10,15-18H2,1-4H3. The quantitative estimate of drug-likeness (QED) is 0.455. The molecule has 2 heteroatoms. The minimum absolute atomic E-state index is 0.608. The average Bonchev–Trinajstić information content (AvgIpc) is 2.55. The molecule has 132 valence electrons. The molecule has 0 aliphatic rings. The topological polar surface area (TPSA) is 15.3 Å². The number of nitrogens with zero attached hydrogens (tertiary/aromatic N) is 1. The van der Waals surface area contributed by atoms with Crippen LogP contribution in [-0.4, -0.2) is 31.1 Å². The molecule has 0 radical (unpaired) electrons. The fourth-order valence-electron chi connectivity index (χ4n) is 2.85. The number of anilines is 1. The third kappa shape index (κ3) is 9.00. The van der Waals surface area contributed by atoms with Crippen LogP contribution in [0.25, 0.3) is 0 Å². The van der Waals surface area contributed by atoms with Crippen LogP contribution in [0.1, 0.15) is 77.7 Å². The van der Waals surface area contributed by atoms with E-state index in [2.05, 4.69) is 62.2 Å². The van der Waals surface area contributed by atoms with Crippen LogP contribution in [0, 0.1) is 0 Å². The first-order valence-electron chi connectivity index (χ1n) is 9.73. The summed E-state index contributed by atoms with van der Waals surface area (Å²) < 4.78 is 0. The molecule has 0 spiro atoms. The molecule has 0 fully saturated rings. The van der Waals surface area contributed by atoms with Crippen molar-refractivity contribution in [1.29, 1.82) is 0 Å². The van der Waals surface area contributed by atoms with Gasteiger partial charge in [-0.2, -0.15) is 0 Å². The lowest BCUT2D eigenvalue weighted by Gasteiger charge is -2.22. The summed E-state index contributed by atoms with van der Waals surface area (Å²) in [6.45, 7) is 13.8. The van der Waals surface area contributed by atoms with Crippen LogP contribution in [-0.2, 0) is 0 Å². The van der Waals surface area contributed by atoms with Crippen LogP contribution in [0.4, 0.5) is 5.69 Å². The summed E-state index contributed by atoms with van der Waals surface area (Å²) in [5.74, 6) is 0.608. The second kappa shape index (κ2) is 12.4. The van der Waals surface area contributed by atoms with Crippen molar-refractivity contribution >= 4 is 5.69 Å². The molecule has 0 saturated heterocycles. The number of hydrogen-bond acceptors (Lipinski definition) is 2. The van der Waals surface area contributed by atoms with Crippen LogP contribution in [0.3, 0.4) is 0 Å². The van der Waals surface area contributed by atoms with E-state index in [0.717, 1.165) is 13.1 Å². The smallest absolute Gasteiger partial charge is 0.0340 e. The van der Waals surface area contributed by atoms with Crippen LogP contribution in [0.5, 0.6) is 0 Å². The number of hydrogen-bond donors (Lipinski definition) is 1. The largest absolute Gasteiger partial charge is 0.384 e. The zero-order valence-corrected chi connectivity index (χ0v) is 15.9. The Labute approximate surface area is 144 Å². The number of unbranched alkanes of at least 4 members (excludes halogenated alkanes) is 4. The lowest BCUT2D eigenvalue weighted by molar-refractivity contribution is 0.271. The van der Waals surface area contributed by atoms with Crippen molar-refractivity contribution in [2.24, 2.45) is 0 Å². The maximum atomic E-state index is 3.58. The summed E-state index contributed by atoms with van der Waals surface area (Å²) in [4.78, 5) is 2.64. The maximum Gasteiger partial charge on any atom is 0.0340 e. The van der Waals surface area contributed by atoms with Gasteiger partial charge < -0.3 is 10.2 Å². The number of benzene rings is 1. The third-order valence-electron chi connectivity index (χ3n) is 4.49. The van der Waals surface area contributed by atoms with Crippen molar-refractivity contribution < 1.29 is 0 Å². The van der Waals surface area contributed by atoms with E-state index in [4.69, 9.17) is 0 Å². The van der Waals surface area contributed by atoms with Crippen LogP contribution >= 0.6 is 0 Å². The van der Waals surface area contributed by atoms with Crippen molar-refractivity contribution in [3.8, 4) is 0 Å². The van der Waals surface area contributed by atoms with E-state index in [-0.39, 0.29) is 0 Å². The molecule has 0 aliphatic heterocycles. The molecule has 0 bridgehead atoms. The summed E-state index contributed by atoms with van der Waals surface area (Å²) in [6, 6.07) is 8.92. The van der Waals surface area contributed by atoms with Crippen LogP contribution < -0.4 is 5.32 Å². The molecular weight excluding hydrogens is 280 g/mol. The molecule has 1 aromatic rings. The van der Waals surface area contributed by atoms with Gasteiger partial charge in [0.05, 0.1) is 0 Å². The first kappa shape index (κ1) is 20.0. The van der Waals surface area contributed by atoms with Crippen molar-refractivity contribution in [1.82, 2.24) is 4.90 Å². The molecule has 23 heavy (non-hydrogen) atoms. The molecule has 1 N–H and O–H groups in total. The molecule has 0 amide bonds. The second-order valence-corrected chi connectivity index (χ2v) is 6.96. The summed E-state index contributed by atoms with van der Waals surface area (Å²) in [6.07, 6.45) is 8.01. The molecule has 1 rings (SSSR count). The van der Waals surface area contributed by atoms with Gasteiger partial charge in [0.15, 0.2) is 0 Å². The Balaban J connectivity index is 2.33. The molecule has 0 saturated carbocycles. The first-order valence-corrected chi connectivity index (χ1v) is 9.73. The fraction of sp³-hybridized carbons (Fsp3) is 0.714. The molecular formula is C21H38N2. The van der Waals surface area contributed by atoms with E-state index in [0.29, 0.717) is 5.92 Å². The molecule has 0 aliphatic carbocycles. The minimum Gasteiger partial charge on any atom is -0.384 e. The van der Waals surface area contributed by atoms with Gasteiger partial charge in [0, 0.05) is 18.8 Å².